The highest BCUT2D eigenvalue weighted by molar-refractivity contribution is 5.92. The van der Waals surface area contributed by atoms with Gasteiger partial charge in [0.2, 0.25) is 0 Å². The van der Waals surface area contributed by atoms with Crippen LogP contribution in [0.2, 0.25) is 0 Å². The number of aliphatic hydroxyl groups excluding tert-OH is 1. The van der Waals surface area contributed by atoms with E-state index >= 15 is 0 Å². The molecule has 0 aliphatic rings. The number of aliphatic hydroxyl groups is 1. The molecule has 0 aliphatic heterocycles. The molecule has 1 unspecified atom stereocenters. The molecule has 4 aromatic rings. The third-order valence-corrected chi connectivity index (χ3v) is 6.74. The van der Waals surface area contributed by atoms with Crippen molar-refractivity contribution in [1.82, 2.24) is 0 Å². The maximum Gasteiger partial charge on any atom is 0.336 e. The molecule has 1 atom stereocenters. The highest BCUT2D eigenvalue weighted by Crippen LogP contribution is 2.49. The lowest BCUT2D eigenvalue weighted by Crippen LogP contribution is -2.22. The number of hydrogen-bond donors (Lipinski definition) is 2. The van der Waals surface area contributed by atoms with Crippen molar-refractivity contribution in [3.05, 3.63) is 118 Å². The normalized spacial score (nSPS) is 12.0. The van der Waals surface area contributed by atoms with E-state index in [0.717, 1.165) is 11.1 Å². The minimum Gasteiger partial charge on any atom is -0.496 e. The predicted molar refractivity (Wildman–Crippen MR) is 157 cm³/mol. The number of carboxylic acid groups (broad SMARTS) is 1. The second-order valence-electron chi connectivity index (χ2n) is 10.6. The fourth-order valence-electron chi connectivity index (χ4n) is 4.85. The highest BCUT2D eigenvalue weighted by atomic mass is 16.5. The van der Waals surface area contributed by atoms with Crippen LogP contribution in [0.15, 0.2) is 84.9 Å². The standard InChI is InChI=1S/C34H36O7/c1-34(2,3)30-24(33(36)37)19-27(40-20-22-13-8-6-9-14-22)29(32(30)41-21-23-15-10-7-11-16-23)31(35)28-25(38-4)17-12-18-26(28)39-5/h6-19,31,35H,20-21H2,1-5H3,(H,36,37). The number of carbonyl (C=O) groups is 1. The van der Waals surface area contributed by atoms with Crippen LogP contribution < -0.4 is 18.9 Å². The zero-order valence-electron chi connectivity index (χ0n) is 24.0. The van der Waals surface area contributed by atoms with Crippen LogP contribution in [-0.2, 0) is 18.6 Å². The van der Waals surface area contributed by atoms with Gasteiger partial charge in [-0.1, -0.05) is 87.5 Å². The second-order valence-corrected chi connectivity index (χ2v) is 10.6. The van der Waals surface area contributed by atoms with E-state index in [9.17, 15) is 15.0 Å². The molecule has 0 aliphatic carbocycles. The summed E-state index contributed by atoms with van der Waals surface area (Å²) in [5, 5.41) is 22.5. The molecule has 2 N–H and O–H groups in total. The van der Waals surface area contributed by atoms with E-state index in [4.69, 9.17) is 18.9 Å². The minimum atomic E-state index is -1.35. The molecule has 214 valence electrons. The third kappa shape index (κ3) is 6.64. The topological polar surface area (TPSA) is 94.5 Å². The van der Waals surface area contributed by atoms with Gasteiger partial charge in [0.1, 0.15) is 42.3 Å². The Morgan fingerprint density at radius 2 is 1.24 bits per heavy atom. The lowest BCUT2D eigenvalue weighted by molar-refractivity contribution is 0.0692. The van der Waals surface area contributed by atoms with Gasteiger partial charge in [-0.3, -0.25) is 0 Å². The van der Waals surface area contributed by atoms with Gasteiger partial charge >= 0.3 is 5.97 Å². The van der Waals surface area contributed by atoms with E-state index < -0.39 is 17.5 Å². The van der Waals surface area contributed by atoms with Crippen LogP contribution in [-0.4, -0.2) is 30.4 Å². The summed E-state index contributed by atoms with van der Waals surface area (Å²) < 4.78 is 24.0. The van der Waals surface area contributed by atoms with Crippen molar-refractivity contribution in [1.29, 1.82) is 0 Å². The largest absolute Gasteiger partial charge is 0.496 e. The van der Waals surface area contributed by atoms with E-state index in [0.29, 0.717) is 22.6 Å². The number of carboxylic acids is 1. The van der Waals surface area contributed by atoms with Crippen LogP contribution in [0.25, 0.3) is 0 Å². The Hall–Kier alpha value is -4.49. The molecule has 0 heterocycles. The monoisotopic (exact) mass is 556 g/mol. The first-order valence-electron chi connectivity index (χ1n) is 13.3. The van der Waals surface area contributed by atoms with Crippen molar-refractivity contribution in [3.63, 3.8) is 0 Å². The number of hydrogen-bond acceptors (Lipinski definition) is 6. The summed E-state index contributed by atoms with van der Waals surface area (Å²) in [6, 6.07) is 25.8. The van der Waals surface area contributed by atoms with Crippen molar-refractivity contribution < 1.29 is 34.0 Å². The molecule has 41 heavy (non-hydrogen) atoms. The molecular formula is C34H36O7. The van der Waals surface area contributed by atoms with E-state index in [-0.39, 0.29) is 35.8 Å². The Labute approximate surface area is 240 Å². The summed E-state index contributed by atoms with van der Waals surface area (Å²) in [6.45, 7) is 6.03. The molecule has 0 fully saturated rings. The van der Waals surface area contributed by atoms with Crippen LogP contribution in [0.3, 0.4) is 0 Å². The first kappa shape index (κ1) is 29.5. The Kier molecular flexibility index (Phi) is 9.20. The van der Waals surface area contributed by atoms with Crippen LogP contribution in [0.4, 0.5) is 0 Å². The van der Waals surface area contributed by atoms with Crippen LogP contribution in [0, 0.1) is 0 Å². The summed E-state index contributed by atoms with van der Waals surface area (Å²) in [5.41, 5.74) is 2.23. The molecular weight excluding hydrogens is 520 g/mol. The Morgan fingerprint density at radius 3 is 1.71 bits per heavy atom. The maximum atomic E-state index is 12.7. The molecule has 0 aromatic heterocycles. The van der Waals surface area contributed by atoms with E-state index in [1.54, 1.807) is 18.2 Å². The molecule has 0 amide bonds. The first-order chi connectivity index (χ1) is 19.7. The Balaban J connectivity index is 2.01. The Bertz CT molecular complexity index is 1450. The van der Waals surface area contributed by atoms with E-state index in [1.807, 2.05) is 81.4 Å². The van der Waals surface area contributed by atoms with Crippen molar-refractivity contribution in [3.8, 4) is 23.0 Å². The van der Waals surface area contributed by atoms with Gasteiger partial charge in [-0.05, 0) is 34.7 Å². The van der Waals surface area contributed by atoms with Crippen molar-refractivity contribution in [2.24, 2.45) is 0 Å². The SMILES string of the molecule is COc1cccc(OC)c1C(O)c1c(OCc2ccccc2)cc(C(=O)O)c(C(C)(C)C)c1OCc1ccccc1. The van der Waals surface area contributed by atoms with E-state index in [2.05, 4.69) is 0 Å². The molecule has 4 aromatic carbocycles. The number of benzene rings is 4. The summed E-state index contributed by atoms with van der Waals surface area (Å²) >= 11 is 0. The summed E-state index contributed by atoms with van der Waals surface area (Å²) in [6.07, 6.45) is -1.35. The number of rotatable bonds is 11. The smallest absolute Gasteiger partial charge is 0.336 e. The van der Waals surface area contributed by atoms with Crippen molar-refractivity contribution in [2.45, 2.75) is 45.5 Å². The molecule has 0 radical (unpaired) electrons. The van der Waals surface area contributed by atoms with Gasteiger partial charge in [-0.2, -0.15) is 0 Å². The van der Waals surface area contributed by atoms with Gasteiger partial charge < -0.3 is 29.2 Å². The quantitative estimate of drug-likeness (QED) is 0.207. The molecule has 0 saturated carbocycles. The Morgan fingerprint density at radius 1 is 0.732 bits per heavy atom. The summed E-state index contributed by atoms with van der Waals surface area (Å²) in [4.78, 5) is 12.7. The maximum absolute atomic E-state index is 12.7. The van der Waals surface area contributed by atoms with Crippen molar-refractivity contribution in [2.75, 3.05) is 14.2 Å². The average molecular weight is 557 g/mol. The van der Waals surface area contributed by atoms with Gasteiger partial charge in [-0.25, -0.2) is 4.79 Å². The van der Waals surface area contributed by atoms with E-state index in [1.165, 1.54) is 20.3 Å². The molecule has 0 bridgehead atoms. The molecule has 0 saturated heterocycles. The van der Waals surface area contributed by atoms with Gasteiger partial charge in [0.25, 0.3) is 0 Å². The molecule has 7 heteroatoms. The zero-order valence-corrected chi connectivity index (χ0v) is 24.0. The fourth-order valence-corrected chi connectivity index (χ4v) is 4.85. The van der Waals surface area contributed by atoms with Crippen LogP contribution >= 0.6 is 0 Å². The number of aromatic carboxylic acids is 1. The summed E-state index contributed by atoms with van der Waals surface area (Å²) in [5.74, 6) is 0.103. The van der Waals surface area contributed by atoms with Gasteiger partial charge in [0, 0.05) is 5.56 Å². The average Bonchev–Trinajstić information content (AvgIpc) is 2.97. The minimum absolute atomic E-state index is 0.0339. The first-order valence-corrected chi connectivity index (χ1v) is 13.3. The second kappa shape index (κ2) is 12.8. The highest BCUT2D eigenvalue weighted by Gasteiger charge is 2.35. The molecule has 4 rings (SSSR count). The van der Waals surface area contributed by atoms with Crippen molar-refractivity contribution >= 4 is 5.97 Å². The molecule has 0 spiro atoms. The lowest BCUT2D eigenvalue weighted by atomic mass is 9.80. The zero-order chi connectivity index (χ0) is 29.6. The lowest BCUT2D eigenvalue weighted by Gasteiger charge is -2.30. The van der Waals surface area contributed by atoms with Gasteiger partial charge in [0.15, 0.2) is 0 Å². The number of ether oxygens (including phenoxy) is 4. The third-order valence-electron chi connectivity index (χ3n) is 6.74. The summed E-state index contributed by atoms with van der Waals surface area (Å²) in [7, 11) is 3.03. The number of methoxy groups -OCH3 is 2. The predicted octanol–water partition coefficient (Wildman–Crippen LogP) is 6.94. The fraction of sp³-hybridized carbons (Fsp3) is 0.265. The van der Waals surface area contributed by atoms with Crippen LogP contribution in [0.1, 0.15) is 65.1 Å². The van der Waals surface area contributed by atoms with Crippen LogP contribution in [0.5, 0.6) is 23.0 Å². The van der Waals surface area contributed by atoms with Gasteiger partial charge in [0.05, 0.1) is 30.9 Å². The van der Waals surface area contributed by atoms with Gasteiger partial charge in [-0.15, -0.1) is 0 Å². The molecule has 7 nitrogen and oxygen atoms in total.